The zero-order chi connectivity index (χ0) is 12.4. The molecule has 17 heavy (non-hydrogen) atoms. The molecule has 0 saturated carbocycles. The van der Waals surface area contributed by atoms with Gasteiger partial charge in [-0.3, -0.25) is 4.79 Å². The number of rotatable bonds is 3. The lowest BCUT2D eigenvalue weighted by Gasteiger charge is -2.31. The van der Waals surface area contributed by atoms with E-state index in [1.54, 1.807) is 4.90 Å². The van der Waals surface area contributed by atoms with Crippen molar-refractivity contribution in [3.05, 3.63) is 24.3 Å². The fraction of sp³-hybridized carbons (Fsp3) is 0.462. The topological polar surface area (TPSA) is 49.8 Å². The Balaban J connectivity index is 2.24. The van der Waals surface area contributed by atoms with Gasteiger partial charge in [0.15, 0.2) is 6.61 Å². The standard InChI is InChI=1S/C13H17NO3/c1-9(2)11(15)7-14-10-5-3-4-6-12(10)17-8-13(14)16/h3-6,9,11,15H,7-8H2,1-2H3. The largest absolute Gasteiger partial charge is 0.482 e. The SMILES string of the molecule is CC(C)C(O)CN1C(=O)COc2ccccc21. The monoisotopic (exact) mass is 235 g/mol. The van der Waals surface area contributed by atoms with Crippen LogP contribution in [0.2, 0.25) is 0 Å². The molecule has 1 unspecified atom stereocenters. The number of carbonyl (C=O) groups excluding carboxylic acids is 1. The molecule has 92 valence electrons. The van der Waals surface area contributed by atoms with E-state index >= 15 is 0 Å². The van der Waals surface area contributed by atoms with Crippen molar-refractivity contribution in [3.8, 4) is 5.75 Å². The van der Waals surface area contributed by atoms with Gasteiger partial charge in [0.25, 0.3) is 5.91 Å². The second-order valence-corrected chi connectivity index (χ2v) is 4.57. The molecule has 0 aromatic heterocycles. The van der Waals surface area contributed by atoms with Crippen molar-refractivity contribution in [2.75, 3.05) is 18.1 Å². The van der Waals surface area contributed by atoms with Crippen LogP contribution in [-0.4, -0.2) is 30.3 Å². The highest BCUT2D eigenvalue weighted by Gasteiger charge is 2.27. The number of ether oxygens (including phenoxy) is 1. The van der Waals surface area contributed by atoms with Crippen LogP contribution in [0, 0.1) is 5.92 Å². The predicted octanol–water partition coefficient (Wildman–Crippen LogP) is 1.43. The van der Waals surface area contributed by atoms with E-state index in [-0.39, 0.29) is 18.4 Å². The molecule has 0 radical (unpaired) electrons. The van der Waals surface area contributed by atoms with Crippen molar-refractivity contribution < 1.29 is 14.6 Å². The summed E-state index contributed by atoms with van der Waals surface area (Å²) in [6.45, 7) is 4.22. The van der Waals surface area contributed by atoms with Crippen molar-refractivity contribution in [3.63, 3.8) is 0 Å². The van der Waals surface area contributed by atoms with E-state index in [4.69, 9.17) is 4.74 Å². The van der Waals surface area contributed by atoms with E-state index in [0.717, 1.165) is 5.69 Å². The lowest BCUT2D eigenvalue weighted by Crippen LogP contribution is -2.44. The summed E-state index contributed by atoms with van der Waals surface area (Å²) in [6, 6.07) is 7.39. The highest BCUT2D eigenvalue weighted by atomic mass is 16.5. The third-order valence-corrected chi connectivity index (χ3v) is 2.95. The molecular weight excluding hydrogens is 218 g/mol. The minimum absolute atomic E-state index is 0.0435. The van der Waals surface area contributed by atoms with E-state index in [1.165, 1.54) is 0 Å². The minimum Gasteiger partial charge on any atom is -0.482 e. The summed E-state index contributed by atoms with van der Waals surface area (Å²) < 4.78 is 5.34. The number of hydrogen-bond donors (Lipinski definition) is 1. The second kappa shape index (κ2) is 4.75. The molecule has 4 nitrogen and oxygen atoms in total. The van der Waals surface area contributed by atoms with E-state index in [0.29, 0.717) is 12.3 Å². The number of para-hydroxylation sites is 2. The van der Waals surface area contributed by atoms with Crippen LogP contribution in [0.5, 0.6) is 5.75 Å². The van der Waals surface area contributed by atoms with E-state index in [2.05, 4.69) is 0 Å². The molecule has 1 heterocycles. The third-order valence-electron chi connectivity index (χ3n) is 2.95. The Kier molecular flexibility index (Phi) is 3.33. The number of aliphatic hydroxyl groups is 1. The Morgan fingerprint density at radius 2 is 2.12 bits per heavy atom. The van der Waals surface area contributed by atoms with Crippen LogP contribution in [0.15, 0.2) is 24.3 Å². The number of anilines is 1. The van der Waals surface area contributed by atoms with Crippen LogP contribution in [0.4, 0.5) is 5.69 Å². The molecule has 1 aliphatic heterocycles. The number of fused-ring (bicyclic) bond motifs is 1. The summed E-state index contributed by atoms with van der Waals surface area (Å²) in [4.78, 5) is 13.4. The van der Waals surface area contributed by atoms with Crippen LogP contribution in [0.1, 0.15) is 13.8 Å². The first-order chi connectivity index (χ1) is 8.09. The predicted molar refractivity (Wildman–Crippen MR) is 65.1 cm³/mol. The van der Waals surface area contributed by atoms with Gasteiger partial charge in [0.05, 0.1) is 18.3 Å². The summed E-state index contributed by atoms with van der Waals surface area (Å²) in [5.41, 5.74) is 0.739. The third kappa shape index (κ3) is 2.42. The summed E-state index contributed by atoms with van der Waals surface area (Å²) in [5, 5.41) is 9.89. The number of hydrogen-bond acceptors (Lipinski definition) is 3. The lowest BCUT2D eigenvalue weighted by molar-refractivity contribution is -0.121. The van der Waals surface area contributed by atoms with Gasteiger partial charge in [-0.2, -0.15) is 0 Å². The highest BCUT2D eigenvalue weighted by molar-refractivity contribution is 5.97. The zero-order valence-electron chi connectivity index (χ0n) is 10.1. The molecule has 0 fully saturated rings. The average molecular weight is 235 g/mol. The molecular formula is C13H17NO3. The number of aliphatic hydroxyl groups excluding tert-OH is 1. The van der Waals surface area contributed by atoms with Crippen LogP contribution in [-0.2, 0) is 4.79 Å². The van der Waals surface area contributed by atoms with E-state index < -0.39 is 6.10 Å². The fourth-order valence-electron chi connectivity index (χ4n) is 1.75. The van der Waals surface area contributed by atoms with Gasteiger partial charge in [-0.05, 0) is 18.1 Å². The average Bonchev–Trinajstić information content (AvgIpc) is 2.32. The van der Waals surface area contributed by atoms with Crippen molar-refractivity contribution in [1.29, 1.82) is 0 Å². The summed E-state index contributed by atoms with van der Waals surface area (Å²) in [5.74, 6) is 0.712. The number of amides is 1. The van der Waals surface area contributed by atoms with Crippen LogP contribution in [0.3, 0.4) is 0 Å². The van der Waals surface area contributed by atoms with E-state index in [9.17, 15) is 9.90 Å². The molecule has 2 rings (SSSR count). The first-order valence-corrected chi connectivity index (χ1v) is 5.80. The molecule has 0 saturated heterocycles. The molecule has 1 atom stereocenters. The minimum atomic E-state index is -0.523. The zero-order valence-corrected chi connectivity index (χ0v) is 10.1. The second-order valence-electron chi connectivity index (χ2n) is 4.57. The van der Waals surface area contributed by atoms with Crippen LogP contribution in [0.25, 0.3) is 0 Å². The van der Waals surface area contributed by atoms with Gasteiger partial charge in [-0.25, -0.2) is 0 Å². The van der Waals surface area contributed by atoms with Crippen molar-refractivity contribution in [2.24, 2.45) is 5.92 Å². The van der Waals surface area contributed by atoms with Gasteiger partial charge >= 0.3 is 0 Å². The quantitative estimate of drug-likeness (QED) is 0.862. The fourth-order valence-corrected chi connectivity index (χ4v) is 1.75. The summed E-state index contributed by atoms with van der Waals surface area (Å²) in [6.07, 6.45) is -0.523. The van der Waals surface area contributed by atoms with Gasteiger partial charge in [-0.1, -0.05) is 26.0 Å². The number of β-amino-alcohol motifs (C(OH)–C–C–N with tert-alkyl or cyclic N) is 1. The van der Waals surface area contributed by atoms with Crippen molar-refractivity contribution >= 4 is 11.6 Å². The first kappa shape index (κ1) is 11.9. The molecule has 4 heteroatoms. The number of carbonyl (C=O) groups is 1. The molecule has 1 N–H and O–H groups in total. The van der Waals surface area contributed by atoms with Crippen LogP contribution >= 0.6 is 0 Å². The number of benzene rings is 1. The van der Waals surface area contributed by atoms with Gasteiger partial charge in [0, 0.05) is 0 Å². The maximum absolute atomic E-state index is 11.8. The molecule has 1 aromatic carbocycles. The maximum atomic E-state index is 11.8. The summed E-state index contributed by atoms with van der Waals surface area (Å²) in [7, 11) is 0. The summed E-state index contributed by atoms with van der Waals surface area (Å²) >= 11 is 0. The van der Waals surface area contributed by atoms with Gasteiger partial charge in [0.2, 0.25) is 0 Å². The van der Waals surface area contributed by atoms with Crippen molar-refractivity contribution in [2.45, 2.75) is 20.0 Å². The lowest BCUT2D eigenvalue weighted by atomic mass is 10.1. The Labute approximate surface area is 101 Å². The molecule has 0 bridgehead atoms. The molecule has 1 aliphatic rings. The van der Waals surface area contributed by atoms with Crippen LogP contribution < -0.4 is 9.64 Å². The van der Waals surface area contributed by atoms with Gasteiger partial charge in [0.1, 0.15) is 5.75 Å². The molecule has 1 aromatic rings. The Morgan fingerprint density at radius 1 is 1.41 bits per heavy atom. The Hall–Kier alpha value is -1.55. The molecule has 1 amide bonds. The normalized spacial score (nSPS) is 16.7. The maximum Gasteiger partial charge on any atom is 0.265 e. The van der Waals surface area contributed by atoms with Gasteiger partial charge < -0.3 is 14.7 Å². The first-order valence-electron chi connectivity index (χ1n) is 5.80. The van der Waals surface area contributed by atoms with E-state index in [1.807, 2.05) is 38.1 Å². The Morgan fingerprint density at radius 3 is 2.82 bits per heavy atom. The smallest absolute Gasteiger partial charge is 0.265 e. The Bertz CT molecular complexity index is 417. The number of nitrogens with zero attached hydrogens (tertiary/aromatic N) is 1. The van der Waals surface area contributed by atoms with Crippen molar-refractivity contribution in [1.82, 2.24) is 0 Å². The highest BCUT2D eigenvalue weighted by Crippen LogP contribution is 2.31. The molecule has 0 spiro atoms. The van der Waals surface area contributed by atoms with Gasteiger partial charge in [-0.15, -0.1) is 0 Å². The molecule has 0 aliphatic carbocycles.